The lowest BCUT2D eigenvalue weighted by Gasteiger charge is -2.16. The highest BCUT2D eigenvalue weighted by atomic mass is 19.1. The van der Waals surface area contributed by atoms with E-state index in [0.717, 1.165) is 0 Å². The summed E-state index contributed by atoms with van der Waals surface area (Å²) in [5, 5.41) is 0. The summed E-state index contributed by atoms with van der Waals surface area (Å²) in [5.74, 6) is -0.313. The summed E-state index contributed by atoms with van der Waals surface area (Å²) in [7, 11) is 0. The summed E-state index contributed by atoms with van der Waals surface area (Å²) < 4.78 is 13.0. The fourth-order valence-corrected chi connectivity index (χ4v) is 0.970. The normalized spacial score (nSPS) is 11.7. The van der Waals surface area contributed by atoms with Gasteiger partial charge in [0, 0.05) is 0 Å². The van der Waals surface area contributed by atoms with E-state index in [-0.39, 0.29) is 11.2 Å². The molecule has 0 aliphatic carbocycles. The quantitative estimate of drug-likeness (QED) is 0.642. The zero-order valence-electron chi connectivity index (χ0n) is 7.63. The van der Waals surface area contributed by atoms with E-state index in [1.54, 1.807) is 0 Å². The number of rotatable bonds is 1. The topological polar surface area (TPSA) is 25.8 Å². The lowest BCUT2D eigenvalue weighted by atomic mass is 9.90. The van der Waals surface area contributed by atoms with Crippen molar-refractivity contribution in [2.24, 2.45) is 5.41 Å². The number of aromatic nitrogens is 2. The van der Waals surface area contributed by atoms with Crippen LogP contribution in [0.2, 0.25) is 0 Å². The maximum Gasteiger partial charge on any atom is 0.162 e. The Bertz CT molecular complexity index is 265. The Hall–Kier alpha value is -0.990. The van der Waals surface area contributed by atoms with E-state index in [2.05, 4.69) is 30.7 Å². The SMILES string of the molecule is CC(C)(C)Cc1ncncc1F. The van der Waals surface area contributed by atoms with Crippen LogP contribution in [0.4, 0.5) is 4.39 Å². The first kappa shape index (κ1) is 9.10. The average molecular weight is 168 g/mol. The van der Waals surface area contributed by atoms with Gasteiger partial charge in [0.1, 0.15) is 6.33 Å². The highest BCUT2D eigenvalue weighted by Gasteiger charge is 2.14. The molecule has 3 heteroatoms. The number of hydrogen-bond acceptors (Lipinski definition) is 2. The molecule has 1 rings (SSSR count). The molecule has 2 nitrogen and oxygen atoms in total. The molecule has 0 spiro atoms. The smallest absolute Gasteiger partial charge is 0.162 e. The van der Waals surface area contributed by atoms with Crippen molar-refractivity contribution in [2.45, 2.75) is 27.2 Å². The van der Waals surface area contributed by atoms with Crippen molar-refractivity contribution >= 4 is 0 Å². The van der Waals surface area contributed by atoms with Gasteiger partial charge in [-0.1, -0.05) is 20.8 Å². The first-order valence-electron chi connectivity index (χ1n) is 3.93. The highest BCUT2D eigenvalue weighted by Crippen LogP contribution is 2.19. The summed E-state index contributed by atoms with van der Waals surface area (Å²) in [4.78, 5) is 7.47. The summed E-state index contributed by atoms with van der Waals surface area (Å²) in [6.45, 7) is 6.15. The number of nitrogens with zero attached hydrogens (tertiary/aromatic N) is 2. The molecule has 12 heavy (non-hydrogen) atoms. The minimum Gasteiger partial charge on any atom is -0.242 e. The largest absolute Gasteiger partial charge is 0.242 e. The maximum absolute atomic E-state index is 13.0. The fourth-order valence-electron chi connectivity index (χ4n) is 0.970. The molecule has 0 atom stereocenters. The minimum absolute atomic E-state index is 0.0647. The van der Waals surface area contributed by atoms with Crippen molar-refractivity contribution in [1.82, 2.24) is 9.97 Å². The predicted octanol–water partition coefficient (Wildman–Crippen LogP) is 2.20. The molecule has 0 N–H and O–H groups in total. The van der Waals surface area contributed by atoms with Crippen LogP contribution in [0, 0.1) is 11.2 Å². The van der Waals surface area contributed by atoms with Gasteiger partial charge in [0.15, 0.2) is 5.82 Å². The summed E-state index contributed by atoms with van der Waals surface area (Å²) in [5.41, 5.74) is 0.562. The van der Waals surface area contributed by atoms with Gasteiger partial charge in [-0.2, -0.15) is 0 Å². The van der Waals surface area contributed by atoms with Gasteiger partial charge in [-0.3, -0.25) is 0 Å². The molecule has 66 valence electrons. The summed E-state index contributed by atoms with van der Waals surface area (Å²) >= 11 is 0. The first-order chi connectivity index (χ1) is 5.49. The lowest BCUT2D eigenvalue weighted by Crippen LogP contribution is -2.12. The van der Waals surface area contributed by atoms with E-state index in [4.69, 9.17) is 0 Å². The van der Waals surface area contributed by atoms with Crippen molar-refractivity contribution in [3.8, 4) is 0 Å². The van der Waals surface area contributed by atoms with E-state index in [1.807, 2.05) is 0 Å². The molecule has 0 amide bonds. The van der Waals surface area contributed by atoms with Crippen LogP contribution in [0.25, 0.3) is 0 Å². The lowest BCUT2D eigenvalue weighted by molar-refractivity contribution is 0.395. The Morgan fingerprint density at radius 1 is 1.42 bits per heavy atom. The zero-order valence-corrected chi connectivity index (χ0v) is 7.63. The molecule has 0 aromatic carbocycles. The molecule has 1 heterocycles. The van der Waals surface area contributed by atoms with Crippen molar-refractivity contribution in [1.29, 1.82) is 0 Å². The van der Waals surface area contributed by atoms with E-state index >= 15 is 0 Å². The van der Waals surface area contributed by atoms with Crippen LogP contribution >= 0.6 is 0 Å². The Morgan fingerprint density at radius 3 is 2.58 bits per heavy atom. The van der Waals surface area contributed by atoms with Gasteiger partial charge >= 0.3 is 0 Å². The Kier molecular flexibility index (Phi) is 2.40. The molecule has 1 aromatic heterocycles. The standard InChI is InChI=1S/C9H13FN2/c1-9(2,3)4-8-7(10)5-11-6-12-8/h5-6H,4H2,1-3H3. The van der Waals surface area contributed by atoms with Crippen molar-refractivity contribution < 1.29 is 4.39 Å². The molecule has 0 aliphatic heterocycles. The van der Waals surface area contributed by atoms with E-state index in [9.17, 15) is 4.39 Å². The van der Waals surface area contributed by atoms with Crippen molar-refractivity contribution in [3.05, 3.63) is 24.0 Å². The van der Waals surface area contributed by atoms with Crippen LogP contribution in [-0.2, 0) is 6.42 Å². The third-order valence-corrected chi connectivity index (χ3v) is 1.44. The third-order valence-electron chi connectivity index (χ3n) is 1.44. The van der Waals surface area contributed by atoms with Crippen LogP contribution in [0.15, 0.2) is 12.5 Å². The van der Waals surface area contributed by atoms with Gasteiger partial charge in [0.05, 0.1) is 11.9 Å². The van der Waals surface area contributed by atoms with Gasteiger partial charge in [-0.05, 0) is 11.8 Å². The van der Waals surface area contributed by atoms with E-state index in [1.165, 1.54) is 12.5 Å². The highest BCUT2D eigenvalue weighted by molar-refractivity contribution is 5.03. The van der Waals surface area contributed by atoms with Gasteiger partial charge in [0.2, 0.25) is 0 Å². The monoisotopic (exact) mass is 168 g/mol. The van der Waals surface area contributed by atoms with Crippen LogP contribution in [0.1, 0.15) is 26.5 Å². The second kappa shape index (κ2) is 3.17. The zero-order chi connectivity index (χ0) is 9.19. The summed E-state index contributed by atoms with van der Waals surface area (Å²) in [6.07, 6.45) is 3.22. The Balaban J connectivity index is 2.83. The third kappa shape index (κ3) is 2.57. The van der Waals surface area contributed by atoms with Gasteiger partial charge in [-0.15, -0.1) is 0 Å². The summed E-state index contributed by atoms with van der Waals surface area (Å²) in [6, 6.07) is 0. The molecule has 0 aliphatic rings. The molecular weight excluding hydrogens is 155 g/mol. The maximum atomic E-state index is 13.0. The van der Waals surface area contributed by atoms with Gasteiger partial charge < -0.3 is 0 Å². The molecule has 1 aromatic rings. The van der Waals surface area contributed by atoms with Gasteiger partial charge in [0.25, 0.3) is 0 Å². The van der Waals surface area contributed by atoms with Crippen molar-refractivity contribution in [2.75, 3.05) is 0 Å². The fraction of sp³-hybridized carbons (Fsp3) is 0.556. The Labute approximate surface area is 71.9 Å². The average Bonchev–Trinajstić information content (AvgIpc) is 1.91. The molecule has 0 radical (unpaired) electrons. The second-order valence-electron chi connectivity index (χ2n) is 4.05. The van der Waals surface area contributed by atoms with Crippen molar-refractivity contribution in [3.63, 3.8) is 0 Å². The van der Waals surface area contributed by atoms with Crippen LogP contribution in [0.3, 0.4) is 0 Å². The number of halogens is 1. The molecular formula is C9H13FN2. The van der Waals surface area contributed by atoms with Crippen LogP contribution < -0.4 is 0 Å². The minimum atomic E-state index is -0.313. The first-order valence-corrected chi connectivity index (χ1v) is 3.93. The van der Waals surface area contributed by atoms with Gasteiger partial charge in [-0.25, -0.2) is 14.4 Å². The number of hydrogen-bond donors (Lipinski definition) is 0. The second-order valence-corrected chi connectivity index (χ2v) is 4.05. The molecule has 0 fully saturated rings. The van der Waals surface area contributed by atoms with Crippen LogP contribution in [0.5, 0.6) is 0 Å². The molecule has 0 saturated carbocycles. The van der Waals surface area contributed by atoms with E-state index in [0.29, 0.717) is 12.1 Å². The predicted molar refractivity (Wildman–Crippen MR) is 45.1 cm³/mol. The van der Waals surface area contributed by atoms with E-state index < -0.39 is 0 Å². The molecule has 0 bridgehead atoms. The Morgan fingerprint density at radius 2 is 2.08 bits per heavy atom. The molecule has 0 saturated heterocycles. The molecule has 0 unspecified atom stereocenters. The van der Waals surface area contributed by atoms with Crippen LogP contribution in [-0.4, -0.2) is 9.97 Å².